The van der Waals surface area contributed by atoms with Crippen LogP contribution in [0.5, 0.6) is 23.0 Å². The van der Waals surface area contributed by atoms with Crippen LogP contribution in [-0.2, 0) is 16.1 Å². The number of nitrogens with zero attached hydrogens (tertiary/aromatic N) is 2. The van der Waals surface area contributed by atoms with Crippen LogP contribution in [-0.4, -0.2) is 38.0 Å². The molecule has 1 aromatic heterocycles. The minimum Gasteiger partial charge on any atom is -0.493 e. The Bertz CT molecular complexity index is 1930. The number of hydrogen-bond acceptors (Lipinski definition) is 9. The van der Waals surface area contributed by atoms with Crippen LogP contribution in [0.3, 0.4) is 0 Å². The van der Waals surface area contributed by atoms with Gasteiger partial charge in [-0.3, -0.25) is 9.36 Å². The van der Waals surface area contributed by atoms with Crippen molar-refractivity contribution in [1.82, 2.24) is 4.57 Å². The van der Waals surface area contributed by atoms with E-state index in [0.29, 0.717) is 56.8 Å². The van der Waals surface area contributed by atoms with E-state index in [1.807, 2.05) is 55.5 Å². The SMILES string of the molecule is CCOC(=O)C1=C(C)N=c2s/c(=C/c3ccc(OCc4ccc(Br)cc4)c(OC)c3)c(=O)n2[C@@H]1c1cccc(OC)c1OCC. The lowest BCUT2D eigenvalue weighted by molar-refractivity contribution is -0.139. The molecule has 0 bridgehead atoms. The highest BCUT2D eigenvalue weighted by Gasteiger charge is 2.36. The highest BCUT2D eigenvalue weighted by molar-refractivity contribution is 9.10. The summed E-state index contributed by atoms with van der Waals surface area (Å²) in [7, 11) is 3.12. The maximum Gasteiger partial charge on any atom is 0.338 e. The number of hydrogen-bond donors (Lipinski definition) is 0. The average Bonchev–Trinajstić information content (AvgIpc) is 3.34. The molecule has 45 heavy (non-hydrogen) atoms. The van der Waals surface area contributed by atoms with Gasteiger partial charge in [-0.05, 0) is 68.3 Å². The molecule has 0 aliphatic carbocycles. The lowest BCUT2D eigenvalue weighted by atomic mass is 9.94. The number of fused-ring (bicyclic) bond motifs is 1. The smallest absolute Gasteiger partial charge is 0.338 e. The molecular formula is C34H33BrN2O7S. The Kier molecular flexibility index (Phi) is 10.1. The topological polar surface area (TPSA) is 97.6 Å². The maximum atomic E-state index is 14.1. The number of para-hydroxylation sites is 1. The third kappa shape index (κ3) is 6.69. The highest BCUT2D eigenvalue weighted by atomic mass is 79.9. The molecule has 2 heterocycles. The number of benzene rings is 3. The summed E-state index contributed by atoms with van der Waals surface area (Å²) < 4.78 is 31.6. The van der Waals surface area contributed by atoms with E-state index in [0.717, 1.165) is 15.6 Å². The molecule has 3 aromatic carbocycles. The van der Waals surface area contributed by atoms with E-state index in [2.05, 4.69) is 20.9 Å². The molecule has 0 saturated carbocycles. The largest absolute Gasteiger partial charge is 0.493 e. The molecule has 9 nitrogen and oxygen atoms in total. The van der Waals surface area contributed by atoms with Crippen molar-refractivity contribution >= 4 is 39.3 Å². The Labute approximate surface area is 273 Å². The van der Waals surface area contributed by atoms with Gasteiger partial charge in [0, 0.05) is 10.0 Å². The van der Waals surface area contributed by atoms with Crippen molar-refractivity contribution < 1.29 is 28.5 Å². The predicted octanol–water partition coefficient (Wildman–Crippen LogP) is 5.56. The first kappa shape index (κ1) is 32.1. The van der Waals surface area contributed by atoms with Gasteiger partial charge in [0.25, 0.3) is 5.56 Å². The fraction of sp³-hybridized carbons (Fsp3) is 0.265. The van der Waals surface area contributed by atoms with Crippen molar-refractivity contribution in [3.8, 4) is 23.0 Å². The molecule has 1 atom stereocenters. The molecule has 0 amide bonds. The van der Waals surface area contributed by atoms with E-state index in [1.165, 1.54) is 15.9 Å². The van der Waals surface area contributed by atoms with Crippen LogP contribution in [0, 0.1) is 0 Å². The summed E-state index contributed by atoms with van der Waals surface area (Å²) in [5.41, 5.74) is 2.76. The highest BCUT2D eigenvalue weighted by Crippen LogP contribution is 2.41. The van der Waals surface area contributed by atoms with Crippen molar-refractivity contribution in [2.45, 2.75) is 33.4 Å². The Hall–Kier alpha value is -4.35. The Morgan fingerprint density at radius 3 is 2.42 bits per heavy atom. The number of allylic oxidation sites excluding steroid dienone is 1. The summed E-state index contributed by atoms with van der Waals surface area (Å²) in [6.45, 7) is 6.25. The van der Waals surface area contributed by atoms with Gasteiger partial charge in [0.05, 0.1) is 43.2 Å². The fourth-order valence-electron chi connectivity index (χ4n) is 5.08. The monoisotopic (exact) mass is 692 g/mol. The summed E-state index contributed by atoms with van der Waals surface area (Å²) in [5.74, 6) is 1.50. The molecule has 0 N–H and O–H groups in total. The number of ether oxygens (including phenoxy) is 5. The number of carbonyl (C=O) groups excluding carboxylic acids is 1. The standard InChI is InChI=1S/C34H33BrN2O7S/c1-6-42-31-24(9-8-10-26(31)40-4)30-29(33(39)43-7-2)20(3)36-34-37(30)32(38)28(45-34)18-22-13-16-25(27(17-22)41-5)44-19-21-11-14-23(35)15-12-21/h8-18,30H,6-7,19H2,1-5H3/b28-18+/t30-/m1/s1. The second-order valence-corrected chi connectivity index (χ2v) is 11.9. The van der Waals surface area contributed by atoms with Crippen LogP contribution >= 0.6 is 27.3 Å². The van der Waals surface area contributed by atoms with Crippen molar-refractivity contribution in [2.75, 3.05) is 27.4 Å². The summed E-state index contributed by atoms with van der Waals surface area (Å²) in [4.78, 5) is 32.6. The molecule has 11 heteroatoms. The number of carbonyl (C=O) groups is 1. The number of thiazole rings is 1. The van der Waals surface area contributed by atoms with Crippen LogP contribution in [0.1, 0.15) is 43.5 Å². The number of aromatic nitrogens is 1. The maximum absolute atomic E-state index is 14.1. The third-order valence-electron chi connectivity index (χ3n) is 7.12. The number of methoxy groups -OCH3 is 2. The second-order valence-electron chi connectivity index (χ2n) is 9.94. The first-order valence-electron chi connectivity index (χ1n) is 14.3. The van der Waals surface area contributed by atoms with Crippen molar-refractivity contribution in [1.29, 1.82) is 0 Å². The summed E-state index contributed by atoms with van der Waals surface area (Å²) in [5, 5.41) is 0. The zero-order valence-corrected chi connectivity index (χ0v) is 28.0. The summed E-state index contributed by atoms with van der Waals surface area (Å²) in [6, 6.07) is 17.9. The van der Waals surface area contributed by atoms with Crippen LogP contribution in [0.2, 0.25) is 0 Å². The molecule has 4 aromatic rings. The molecule has 0 unspecified atom stereocenters. The minimum atomic E-state index is -0.844. The number of rotatable bonds is 11. The van der Waals surface area contributed by atoms with Crippen LogP contribution in [0.15, 0.2) is 86.2 Å². The molecule has 0 fully saturated rings. The lowest BCUT2D eigenvalue weighted by Gasteiger charge is -2.26. The van der Waals surface area contributed by atoms with Gasteiger partial charge in [-0.2, -0.15) is 0 Å². The Morgan fingerprint density at radius 2 is 1.73 bits per heavy atom. The third-order valence-corrected chi connectivity index (χ3v) is 8.63. The van der Waals surface area contributed by atoms with E-state index < -0.39 is 12.0 Å². The van der Waals surface area contributed by atoms with Gasteiger partial charge in [0.2, 0.25) is 0 Å². The average molecular weight is 694 g/mol. The van der Waals surface area contributed by atoms with Gasteiger partial charge in [-0.25, -0.2) is 9.79 Å². The first-order chi connectivity index (χ1) is 21.8. The van der Waals surface area contributed by atoms with E-state index in [-0.39, 0.29) is 17.7 Å². The predicted molar refractivity (Wildman–Crippen MR) is 176 cm³/mol. The molecule has 0 radical (unpaired) electrons. The molecule has 5 rings (SSSR count). The van der Waals surface area contributed by atoms with E-state index in [1.54, 1.807) is 46.3 Å². The van der Waals surface area contributed by atoms with Gasteiger partial charge in [0.1, 0.15) is 12.6 Å². The van der Waals surface area contributed by atoms with Gasteiger partial charge < -0.3 is 23.7 Å². The lowest BCUT2D eigenvalue weighted by Crippen LogP contribution is -2.40. The van der Waals surface area contributed by atoms with Crippen molar-refractivity contribution in [2.24, 2.45) is 4.99 Å². The fourth-order valence-corrected chi connectivity index (χ4v) is 6.39. The van der Waals surface area contributed by atoms with Gasteiger partial charge in [-0.15, -0.1) is 0 Å². The van der Waals surface area contributed by atoms with Gasteiger partial charge in [-0.1, -0.05) is 57.6 Å². The van der Waals surface area contributed by atoms with Crippen LogP contribution in [0.25, 0.3) is 6.08 Å². The minimum absolute atomic E-state index is 0.174. The second kappa shape index (κ2) is 14.2. The van der Waals surface area contributed by atoms with E-state index in [4.69, 9.17) is 23.7 Å². The zero-order chi connectivity index (χ0) is 32.1. The Morgan fingerprint density at radius 1 is 0.978 bits per heavy atom. The zero-order valence-electron chi connectivity index (χ0n) is 25.6. The normalized spacial score (nSPS) is 14.4. The molecule has 1 aliphatic heterocycles. The summed E-state index contributed by atoms with van der Waals surface area (Å²) >= 11 is 4.68. The van der Waals surface area contributed by atoms with Crippen LogP contribution in [0.4, 0.5) is 0 Å². The molecule has 0 spiro atoms. The first-order valence-corrected chi connectivity index (χ1v) is 15.9. The van der Waals surface area contributed by atoms with Crippen molar-refractivity contribution in [3.63, 3.8) is 0 Å². The van der Waals surface area contributed by atoms with Gasteiger partial charge >= 0.3 is 5.97 Å². The molecular weight excluding hydrogens is 660 g/mol. The summed E-state index contributed by atoms with van der Waals surface area (Å²) in [6.07, 6.45) is 1.78. The molecule has 234 valence electrons. The quantitative estimate of drug-likeness (QED) is 0.190. The van der Waals surface area contributed by atoms with Crippen molar-refractivity contribution in [3.05, 3.63) is 113 Å². The molecule has 1 aliphatic rings. The number of halogens is 1. The Balaban J connectivity index is 1.59. The van der Waals surface area contributed by atoms with E-state index >= 15 is 0 Å². The van der Waals surface area contributed by atoms with Crippen LogP contribution < -0.4 is 33.8 Å². The van der Waals surface area contributed by atoms with E-state index in [9.17, 15) is 9.59 Å². The van der Waals surface area contributed by atoms with Gasteiger partial charge in [0.15, 0.2) is 27.8 Å². The number of esters is 1. The molecule has 0 saturated heterocycles.